The molecule has 0 bridgehead atoms. The van der Waals surface area contributed by atoms with Crippen LogP contribution in [-0.4, -0.2) is 27.7 Å². The molecule has 0 amide bonds. The number of aliphatic imine (C=N–C) groups is 1. The minimum Gasteiger partial charge on any atom is -0.547 e. The van der Waals surface area contributed by atoms with Crippen LogP contribution in [0.2, 0.25) is 18.1 Å². The number of nitrogens with zero attached hydrogens (tertiary/aromatic N) is 1. The average Bonchev–Trinajstić information content (AvgIpc) is 2.32. The third kappa shape index (κ3) is 6.79. The third-order valence-electron chi connectivity index (χ3n) is 4.58. The van der Waals surface area contributed by atoms with Crippen LogP contribution < -0.4 is 0 Å². The van der Waals surface area contributed by atoms with Crippen LogP contribution in [0.4, 0.5) is 0 Å². The molecule has 0 aliphatic rings. The van der Waals surface area contributed by atoms with Gasteiger partial charge in [-0.3, -0.25) is 4.99 Å². The molecule has 0 N–H and O–H groups in total. The van der Waals surface area contributed by atoms with Gasteiger partial charge in [0.1, 0.15) is 0 Å². The highest BCUT2D eigenvalue weighted by molar-refractivity contribution is 6.74. The van der Waals surface area contributed by atoms with E-state index in [1.54, 1.807) is 7.11 Å². The van der Waals surface area contributed by atoms with Gasteiger partial charge in [-0.15, -0.1) is 0 Å². The van der Waals surface area contributed by atoms with Crippen molar-refractivity contribution in [1.82, 2.24) is 0 Å². The molecule has 0 radical (unpaired) electrons. The summed E-state index contributed by atoms with van der Waals surface area (Å²) < 4.78 is 11.3. The molecule has 0 aromatic rings. The Morgan fingerprint density at radius 2 is 1.62 bits per heavy atom. The van der Waals surface area contributed by atoms with Crippen LogP contribution in [0.1, 0.15) is 54.9 Å². The Morgan fingerprint density at radius 3 is 2.05 bits per heavy atom. The maximum absolute atomic E-state index is 6.10. The second-order valence-electron chi connectivity index (χ2n) is 7.96. The summed E-state index contributed by atoms with van der Waals surface area (Å²) in [6.45, 7) is 20.5. The number of hydrogen-bond donors (Lipinski definition) is 0. The maximum atomic E-state index is 6.10. The lowest BCUT2D eigenvalue weighted by Crippen LogP contribution is -2.39. The quantitative estimate of drug-likeness (QED) is 0.358. The van der Waals surface area contributed by atoms with Crippen molar-refractivity contribution < 1.29 is 9.16 Å². The first-order chi connectivity index (χ1) is 9.33. The first-order valence-electron chi connectivity index (χ1n) is 7.73. The van der Waals surface area contributed by atoms with Gasteiger partial charge in [0.25, 0.3) is 0 Å². The average molecular weight is 314 g/mol. The van der Waals surface area contributed by atoms with Crippen LogP contribution in [0, 0.1) is 5.41 Å². The molecule has 0 rings (SSSR count). The molecule has 0 heterocycles. The zero-order valence-corrected chi connectivity index (χ0v) is 16.8. The van der Waals surface area contributed by atoms with Crippen molar-refractivity contribution in [3.63, 3.8) is 0 Å². The normalized spacial score (nSPS) is 15.3. The Hall–Kier alpha value is -0.613. The molecule has 0 fully saturated rings. The van der Waals surface area contributed by atoms with E-state index < -0.39 is 8.32 Å². The molecule has 0 atom stereocenters. The SMILES string of the molecule is COCCC(C)(C)C(C)=N/C(C)=C/O[Si](C)(C)C(C)(C)C. The van der Waals surface area contributed by atoms with Gasteiger partial charge in [0, 0.05) is 24.8 Å². The number of hydrogen-bond acceptors (Lipinski definition) is 3. The Labute approximate surface area is 133 Å². The van der Waals surface area contributed by atoms with Gasteiger partial charge in [0.05, 0.1) is 12.0 Å². The fourth-order valence-electron chi connectivity index (χ4n) is 1.39. The largest absolute Gasteiger partial charge is 0.547 e. The summed E-state index contributed by atoms with van der Waals surface area (Å²) in [6.07, 6.45) is 2.81. The Balaban J connectivity index is 4.91. The molecule has 0 unspecified atom stereocenters. The Kier molecular flexibility index (Phi) is 7.37. The summed E-state index contributed by atoms with van der Waals surface area (Å²) in [4.78, 5) is 4.71. The smallest absolute Gasteiger partial charge is 0.249 e. The highest BCUT2D eigenvalue weighted by atomic mass is 28.4. The molecule has 124 valence electrons. The molecule has 0 aromatic carbocycles. The van der Waals surface area contributed by atoms with Crippen LogP contribution in [-0.2, 0) is 9.16 Å². The molecule has 0 saturated carbocycles. The van der Waals surface area contributed by atoms with Gasteiger partial charge < -0.3 is 9.16 Å². The molecule has 0 aromatic heterocycles. The molecule has 21 heavy (non-hydrogen) atoms. The van der Waals surface area contributed by atoms with E-state index in [1.807, 2.05) is 13.2 Å². The van der Waals surface area contributed by atoms with Gasteiger partial charge in [-0.05, 0) is 38.4 Å². The lowest BCUT2D eigenvalue weighted by molar-refractivity contribution is 0.172. The van der Waals surface area contributed by atoms with Crippen molar-refractivity contribution in [1.29, 1.82) is 0 Å². The van der Waals surface area contributed by atoms with Crippen LogP contribution in [0.5, 0.6) is 0 Å². The van der Waals surface area contributed by atoms with Crippen molar-refractivity contribution in [2.24, 2.45) is 10.4 Å². The summed E-state index contributed by atoms with van der Waals surface area (Å²) in [6, 6.07) is 0. The first kappa shape index (κ1) is 20.4. The van der Waals surface area contributed by atoms with Crippen LogP contribution in [0.3, 0.4) is 0 Å². The molecule has 0 aliphatic carbocycles. The van der Waals surface area contributed by atoms with Crippen molar-refractivity contribution in [2.75, 3.05) is 13.7 Å². The van der Waals surface area contributed by atoms with Gasteiger partial charge >= 0.3 is 0 Å². The first-order valence-corrected chi connectivity index (χ1v) is 10.6. The Bertz CT molecular complexity index is 390. The highest BCUT2D eigenvalue weighted by Gasteiger charge is 2.38. The zero-order chi connectivity index (χ0) is 16.9. The van der Waals surface area contributed by atoms with Gasteiger partial charge in [-0.25, -0.2) is 0 Å². The molecule has 0 aliphatic heterocycles. The van der Waals surface area contributed by atoms with Crippen LogP contribution in [0.25, 0.3) is 0 Å². The lowest BCUT2D eigenvalue weighted by atomic mass is 9.85. The fourth-order valence-corrected chi connectivity index (χ4v) is 2.21. The summed E-state index contributed by atoms with van der Waals surface area (Å²) in [5.41, 5.74) is 2.09. The van der Waals surface area contributed by atoms with E-state index in [2.05, 4.69) is 54.6 Å². The molecular formula is C17H35NO2Si. The van der Waals surface area contributed by atoms with Crippen molar-refractivity contribution in [2.45, 2.75) is 73.0 Å². The van der Waals surface area contributed by atoms with E-state index in [-0.39, 0.29) is 10.5 Å². The highest BCUT2D eigenvalue weighted by Crippen LogP contribution is 2.36. The van der Waals surface area contributed by atoms with E-state index in [9.17, 15) is 0 Å². The number of ether oxygens (including phenoxy) is 1. The summed E-state index contributed by atoms with van der Waals surface area (Å²) in [5, 5.41) is 0.209. The number of allylic oxidation sites excluding steroid dienone is 1. The van der Waals surface area contributed by atoms with E-state index in [4.69, 9.17) is 14.2 Å². The van der Waals surface area contributed by atoms with Crippen molar-refractivity contribution >= 4 is 14.0 Å². The minimum atomic E-state index is -1.75. The number of rotatable bonds is 7. The standard InChI is InChI=1S/C17H35NO2Si/c1-14(13-20-21(9,10)16(3,4)5)18-15(2)17(6,7)11-12-19-8/h13H,11-12H2,1-10H3/b14-13+,18-15?. The van der Waals surface area contributed by atoms with Gasteiger partial charge in [0.15, 0.2) is 0 Å². The summed E-state index contributed by atoms with van der Waals surface area (Å²) in [5.74, 6) is 0. The Morgan fingerprint density at radius 1 is 1.10 bits per heavy atom. The van der Waals surface area contributed by atoms with E-state index in [0.717, 1.165) is 24.4 Å². The molecular weight excluding hydrogens is 278 g/mol. The number of methoxy groups -OCH3 is 1. The van der Waals surface area contributed by atoms with E-state index in [1.165, 1.54) is 0 Å². The predicted molar refractivity (Wildman–Crippen MR) is 95.4 cm³/mol. The fraction of sp³-hybridized carbons (Fsp3) is 0.824. The van der Waals surface area contributed by atoms with Crippen molar-refractivity contribution in [3.05, 3.63) is 12.0 Å². The second-order valence-corrected chi connectivity index (χ2v) is 12.7. The molecule has 0 spiro atoms. The topological polar surface area (TPSA) is 30.8 Å². The van der Waals surface area contributed by atoms with Crippen LogP contribution in [0.15, 0.2) is 17.0 Å². The molecule has 0 saturated heterocycles. The van der Waals surface area contributed by atoms with E-state index >= 15 is 0 Å². The summed E-state index contributed by atoms with van der Waals surface area (Å²) >= 11 is 0. The van der Waals surface area contributed by atoms with Crippen molar-refractivity contribution in [3.8, 4) is 0 Å². The second kappa shape index (κ2) is 7.59. The van der Waals surface area contributed by atoms with Gasteiger partial charge in [-0.1, -0.05) is 34.6 Å². The van der Waals surface area contributed by atoms with E-state index in [0.29, 0.717) is 0 Å². The minimum absolute atomic E-state index is 0.0437. The van der Waals surface area contributed by atoms with Gasteiger partial charge in [-0.2, -0.15) is 0 Å². The van der Waals surface area contributed by atoms with Crippen LogP contribution >= 0.6 is 0 Å². The molecule has 3 nitrogen and oxygen atoms in total. The predicted octanol–water partition coefficient (Wildman–Crippen LogP) is 5.39. The lowest BCUT2D eigenvalue weighted by Gasteiger charge is -2.35. The molecule has 4 heteroatoms. The zero-order valence-electron chi connectivity index (χ0n) is 15.8. The van der Waals surface area contributed by atoms with Gasteiger partial charge in [0.2, 0.25) is 8.32 Å². The monoisotopic (exact) mass is 313 g/mol. The maximum Gasteiger partial charge on any atom is 0.249 e. The third-order valence-corrected chi connectivity index (χ3v) is 8.90. The summed E-state index contributed by atoms with van der Waals surface area (Å²) in [7, 11) is -0.0144.